The van der Waals surface area contributed by atoms with Crippen molar-refractivity contribution in [2.75, 3.05) is 47.3 Å². The van der Waals surface area contributed by atoms with E-state index in [2.05, 4.69) is 58.3 Å². The van der Waals surface area contributed by atoms with Crippen LogP contribution in [0.4, 0.5) is 0 Å². The molecule has 2 atom stereocenters. The van der Waals surface area contributed by atoms with Crippen LogP contribution in [0.5, 0.6) is 0 Å². The van der Waals surface area contributed by atoms with Crippen LogP contribution in [0.2, 0.25) is 0 Å². The van der Waals surface area contributed by atoms with Crippen LogP contribution >= 0.6 is 0 Å². The lowest BCUT2D eigenvalue weighted by atomic mass is 9.98. The van der Waals surface area contributed by atoms with Crippen molar-refractivity contribution >= 4 is 5.91 Å². The molecule has 1 amide bonds. The zero-order valence-corrected chi connectivity index (χ0v) is 17.1. The maximum atomic E-state index is 12.8. The quantitative estimate of drug-likeness (QED) is 0.846. The van der Waals surface area contributed by atoms with Crippen LogP contribution < -0.4 is 5.32 Å². The first kappa shape index (κ1) is 20.2. The van der Waals surface area contributed by atoms with Crippen LogP contribution in [0.3, 0.4) is 0 Å². The number of piperidine rings is 1. The van der Waals surface area contributed by atoms with Gasteiger partial charge in [0.15, 0.2) is 0 Å². The number of aromatic nitrogens is 1. The largest absolute Gasteiger partial charge is 0.353 e. The molecule has 27 heavy (non-hydrogen) atoms. The van der Waals surface area contributed by atoms with Gasteiger partial charge >= 0.3 is 0 Å². The minimum atomic E-state index is 0.120. The van der Waals surface area contributed by atoms with E-state index in [1.54, 1.807) is 0 Å². The van der Waals surface area contributed by atoms with Gasteiger partial charge < -0.3 is 15.1 Å². The zero-order valence-electron chi connectivity index (χ0n) is 17.1. The van der Waals surface area contributed by atoms with Crippen molar-refractivity contribution in [1.29, 1.82) is 0 Å². The summed E-state index contributed by atoms with van der Waals surface area (Å²) < 4.78 is 0. The lowest BCUT2D eigenvalue weighted by molar-refractivity contribution is -0.126. The Bertz CT molecular complexity index is 585. The molecule has 1 aromatic rings. The van der Waals surface area contributed by atoms with Crippen molar-refractivity contribution < 1.29 is 4.79 Å². The highest BCUT2D eigenvalue weighted by molar-refractivity contribution is 5.79. The van der Waals surface area contributed by atoms with Gasteiger partial charge in [0.2, 0.25) is 5.91 Å². The number of hydrogen-bond donors (Lipinski definition) is 1. The predicted molar refractivity (Wildman–Crippen MR) is 108 cm³/mol. The van der Waals surface area contributed by atoms with E-state index in [-0.39, 0.29) is 11.8 Å². The van der Waals surface area contributed by atoms with Crippen LogP contribution in [0.25, 0.3) is 0 Å². The van der Waals surface area contributed by atoms with Crippen molar-refractivity contribution in [2.24, 2.45) is 5.92 Å². The number of hydrogen-bond acceptors (Lipinski definition) is 5. The number of amides is 1. The fourth-order valence-corrected chi connectivity index (χ4v) is 4.32. The average molecular weight is 374 g/mol. The van der Waals surface area contributed by atoms with Crippen molar-refractivity contribution in [1.82, 2.24) is 25.0 Å². The first-order chi connectivity index (χ1) is 13.0. The third-order valence-electron chi connectivity index (χ3n) is 6.09. The van der Waals surface area contributed by atoms with Gasteiger partial charge in [-0.1, -0.05) is 0 Å². The minimum absolute atomic E-state index is 0.120. The van der Waals surface area contributed by atoms with E-state index in [1.165, 1.54) is 5.56 Å². The van der Waals surface area contributed by atoms with Crippen LogP contribution in [-0.4, -0.2) is 85.0 Å². The molecule has 0 spiro atoms. The zero-order chi connectivity index (χ0) is 19.2. The Morgan fingerprint density at radius 1 is 1.15 bits per heavy atom. The molecule has 3 rings (SSSR count). The molecule has 3 heterocycles. The van der Waals surface area contributed by atoms with Crippen LogP contribution in [0, 0.1) is 5.92 Å². The second-order valence-electron chi connectivity index (χ2n) is 8.53. The van der Waals surface area contributed by atoms with Crippen molar-refractivity contribution in [3.05, 3.63) is 30.1 Å². The van der Waals surface area contributed by atoms with Crippen molar-refractivity contribution in [3.8, 4) is 0 Å². The predicted octanol–water partition coefficient (Wildman–Crippen LogP) is 1.43. The molecule has 0 aromatic carbocycles. The summed E-state index contributed by atoms with van der Waals surface area (Å²) in [6.45, 7) is 4.98. The van der Waals surface area contributed by atoms with Crippen molar-refractivity contribution in [3.63, 3.8) is 0 Å². The number of likely N-dealkylation sites (N-methyl/N-ethyl adjacent to an activating group) is 2. The van der Waals surface area contributed by atoms with Gasteiger partial charge in [-0.15, -0.1) is 0 Å². The number of carbonyl (C=O) groups is 1. The topological polar surface area (TPSA) is 51.7 Å². The lowest BCUT2D eigenvalue weighted by Crippen LogP contribution is -2.47. The number of carbonyl (C=O) groups excluding carboxylic acids is 1. The molecule has 0 aliphatic carbocycles. The minimum Gasteiger partial charge on any atom is -0.353 e. The fourth-order valence-electron chi connectivity index (χ4n) is 4.32. The van der Waals surface area contributed by atoms with Crippen LogP contribution in [0.1, 0.15) is 31.2 Å². The Morgan fingerprint density at radius 2 is 1.85 bits per heavy atom. The summed E-state index contributed by atoms with van der Waals surface area (Å²) >= 11 is 0. The molecule has 1 N–H and O–H groups in total. The fraction of sp³-hybridized carbons (Fsp3) is 0.714. The van der Waals surface area contributed by atoms with Gasteiger partial charge in [-0.2, -0.15) is 0 Å². The second kappa shape index (κ2) is 9.62. The van der Waals surface area contributed by atoms with E-state index in [9.17, 15) is 4.79 Å². The molecule has 0 bridgehead atoms. The van der Waals surface area contributed by atoms with Gasteiger partial charge in [0.05, 0.1) is 5.92 Å². The molecule has 2 aliphatic heterocycles. The highest BCUT2D eigenvalue weighted by Gasteiger charge is 2.29. The number of rotatable bonds is 5. The molecule has 0 saturated carbocycles. The average Bonchev–Trinajstić information content (AvgIpc) is 2.86. The first-order valence-corrected chi connectivity index (χ1v) is 10.3. The lowest BCUT2D eigenvalue weighted by Gasteiger charge is -2.33. The smallest absolute Gasteiger partial charge is 0.224 e. The number of likely N-dealkylation sites (tertiary alicyclic amines) is 2. The van der Waals surface area contributed by atoms with Gasteiger partial charge in [0, 0.05) is 57.2 Å². The number of nitrogens with one attached hydrogen (secondary N) is 1. The van der Waals surface area contributed by atoms with E-state index in [0.29, 0.717) is 12.1 Å². The Balaban J connectivity index is 1.43. The van der Waals surface area contributed by atoms with E-state index in [0.717, 1.165) is 58.4 Å². The second-order valence-corrected chi connectivity index (χ2v) is 8.53. The first-order valence-electron chi connectivity index (χ1n) is 10.3. The summed E-state index contributed by atoms with van der Waals surface area (Å²) in [6, 6.07) is 5.03. The normalized spacial score (nSPS) is 26.1. The summed E-state index contributed by atoms with van der Waals surface area (Å²) in [5.41, 5.74) is 1.31. The molecular weight excluding hydrogens is 338 g/mol. The van der Waals surface area contributed by atoms with E-state index >= 15 is 0 Å². The van der Waals surface area contributed by atoms with Gasteiger partial charge in [0.1, 0.15) is 0 Å². The number of nitrogens with zero attached hydrogens (tertiary/aromatic N) is 4. The Hall–Kier alpha value is -1.50. The summed E-state index contributed by atoms with van der Waals surface area (Å²) in [4.78, 5) is 24.0. The highest BCUT2D eigenvalue weighted by atomic mass is 16.2. The molecular formula is C21H35N5O. The Labute approximate surface area is 163 Å². The van der Waals surface area contributed by atoms with Gasteiger partial charge in [-0.25, -0.2) is 0 Å². The third-order valence-corrected chi connectivity index (χ3v) is 6.09. The highest BCUT2D eigenvalue weighted by Crippen LogP contribution is 2.20. The van der Waals surface area contributed by atoms with E-state index in [4.69, 9.17) is 0 Å². The van der Waals surface area contributed by atoms with Crippen molar-refractivity contribution in [2.45, 2.75) is 44.3 Å². The summed E-state index contributed by atoms with van der Waals surface area (Å²) in [5, 5.41) is 3.35. The molecule has 0 unspecified atom stereocenters. The molecule has 2 aliphatic rings. The monoisotopic (exact) mass is 373 g/mol. The third kappa shape index (κ3) is 5.99. The van der Waals surface area contributed by atoms with Crippen LogP contribution in [0.15, 0.2) is 24.5 Å². The van der Waals surface area contributed by atoms with Gasteiger partial charge in [-0.05, 0) is 64.5 Å². The Kier molecular flexibility index (Phi) is 7.21. The van der Waals surface area contributed by atoms with Gasteiger partial charge in [0.25, 0.3) is 0 Å². The molecule has 150 valence electrons. The van der Waals surface area contributed by atoms with E-state index < -0.39 is 0 Å². The maximum absolute atomic E-state index is 12.8. The summed E-state index contributed by atoms with van der Waals surface area (Å²) in [5.74, 6) is 0.378. The standard InChI is InChI=1S/C21H35N5O/c1-24(2)20-5-4-18(15-25(3)16-20)21(27)23-19-8-12-26(13-9-19)14-17-6-10-22-11-7-17/h6-7,10-11,18-20H,4-5,8-9,12-16H2,1-3H3,(H,23,27)/t18-,20+/m1/s1. The molecule has 1 aromatic heterocycles. The van der Waals surface area contributed by atoms with E-state index in [1.807, 2.05) is 12.4 Å². The summed E-state index contributed by atoms with van der Waals surface area (Å²) in [7, 11) is 6.41. The molecule has 0 radical (unpaired) electrons. The summed E-state index contributed by atoms with van der Waals surface area (Å²) in [6.07, 6.45) is 7.87. The van der Waals surface area contributed by atoms with Gasteiger partial charge in [-0.3, -0.25) is 14.7 Å². The molecule has 2 saturated heterocycles. The maximum Gasteiger partial charge on any atom is 0.224 e. The molecule has 6 nitrogen and oxygen atoms in total. The Morgan fingerprint density at radius 3 is 2.52 bits per heavy atom. The van der Waals surface area contributed by atoms with Crippen LogP contribution in [-0.2, 0) is 11.3 Å². The SMILES string of the molecule is CN1C[C@H](C(=O)NC2CCN(Cc3ccncc3)CC2)CC[C@H](N(C)C)C1. The molecule has 6 heteroatoms. The molecule has 2 fully saturated rings. The number of pyridine rings is 1.